The Bertz CT molecular complexity index is 1070. The van der Waals surface area contributed by atoms with Crippen molar-refractivity contribution in [3.8, 4) is 0 Å². The minimum Gasteiger partial charge on any atom is -0.384 e. The van der Waals surface area contributed by atoms with Crippen molar-refractivity contribution in [2.45, 2.75) is 174 Å². The molecule has 6 heteroatoms. The van der Waals surface area contributed by atoms with Gasteiger partial charge in [0.05, 0.1) is 11.1 Å². The summed E-state index contributed by atoms with van der Waals surface area (Å²) >= 11 is 0. The number of aromatic nitrogens is 1. The highest BCUT2D eigenvalue weighted by Gasteiger charge is 2.30. The lowest BCUT2D eigenvalue weighted by molar-refractivity contribution is -0.137. The third-order valence-corrected chi connectivity index (χ3v) is 9.60. The summed E-state index contributed by atoms with van der Waals surface area (Å²) in [6.45, 7) is 9.06. The van der Waals surface area contributed by atoms with Crippen LogP contribution in [-0.2, 0) is 6.18 Å². The molecule has 1 aromatic heterocycles. The van der Waals surface area contributed by atoms with Gasteiger partial charge in [0, 0.05) is 23.8 Å². The molecule has 0 amide bonds. The molecule has 0 atom stereocenters. The summed E-state index contributed by atoms with van der Waals surface area (Å²) in [4.78, 5) is 6.89. The SMILES string of the molecule is CCCCCCCC/C=C\CCCCCCCCN(CCCCCCCC)CCCCCCNc1ccnc2cc(C(F)(F)F)ccc12. The number of anilines is 1. The van der Waals surface area contributed by atoms with E-state index in [0.29, 0.717) is 5.52 Å². The Morgan fingerprint density at radius 1 is 0.604 bits per heavy atom. The molecule has 2 aromatic rings. The number of unbranched alkanes of at least 4 members (excludes halogenated alkanes) is 20. The summed E-state index contributed by atoms with van der Waals surface area (Å²) in [6.07, 6.45) is 33.8. The number of rotatable bonds is 31. The number of hydrogen-bond donors (Lipinski definition) is 1. The van der Waals surface area contributed by atoms with Gasteiger partial charge in [-0.05, 0) is 89.2 Å². The summed E-state index contributed by atoms with van der Waals surface area (Å²) in [7, 11) is 0. The van der Waals surface area contributed by atoms with E-state index in [-0.39, 0.29) is 0 Å². The fourth-order valence-corrected chi connectivity index (χ4v) is 6.55. The third-order valence-electron chi connectivity index (χ3n) is 9.60. The van der Waals surface area contributed by atoms with Crippen LogP contribution in [0, 0.1) is 0 Å². The minimum atomic E-state index is -4.35. The van der Waals surface area contributed by atoms with Gasteiger partial charge in [0.15, 0.2) is 0 Å². The first-order valence-electron chi connectivity index (χ1n) is 20.0. The highest BCUT2D eigenvalue weighted by Crippen LogP contribution is 2.32. The van der Waals surface area contributed by atoms with Gasteiger partial charge in [0.1, 0.15) is 0 Å². The number of hydrogen-bond acceptors (Lipinski definition) is 3. The van der Waals surface area contributed by atoms with Crippen molar-refractivity contribution < 1.29 is 13.2 Å². The quantitative estimate of drug-likeness (QED) is 0.0638. The molecule has 0 radical (unpaired) electrons. The number of nitrogens with zero attached hydrogens (tertiary/aromatic N) is 2. The summed E-state index contributed by atoms with van der Waals surface area (Å²) in [5.74, 6) is 0. The molecule has 2 rings (SSSR count). The zero-order chi connectivity index (χ0) is 34.5. The van der Waals surface area contributed by atoms with Crippen molar-refractivity contribution in [1.29, 1.82) is 0 Å². The van der Waals surface area contributed by atoms with Crippen LogP contribution in [0.4, 0.5) is 18.9 Å². The van der Waals surface area contributed by atoms with Gasteiger partial charge in [-0.3, -0.25) is 4.98 Å². The number of pyridine rings is 1. The van der Waals surface area contributed by atoms with Gasteiger partial charge in [-0.1, -0.05) is 135 Å². The zero-order valence-corrected chi connectivity index (χ0v) is 30.9. The Hall–Kier alpha value is -2.08. The number of halogens is 3. The number of benzene rings is 1. The van der Waals surface area contributed by atoms with Crippen LogP contribution >= 0.6 is 0 Å². The average molecular weight is 674 g/mol. The van der Waals surface area contributed by atoms with Crippen molar-refractivity contribution in [2.24, 2.45) is 0 Å². The van der Waals surface area contributed by atoms with Crippen LogP contribution in [0.3, 0.4) is 0 Å². The van der Waals surface area contributed by atoms with E-state index in [4.69, 9.17) is 0 Å². The van der Waals surface area contributed by atoms with E-state index in [0.717, 1.165) is 42.6 Å². The lowest BCUT2D eigenvalue weighted by Crippen LogP contribution is -2.27. The molecule has 0 aliphatic carbocycles. The van der Waals surface area contributed by atoms with Gasteiger partial charge in [-0.25, -0.2) is 0 Å². The molecule has 3 nitrogen and oxygen atoms in total. The van der Waals surface area contributed by atoms with Crippen LogP contribution < -0.4 is 5.32 Å². The number of fused-ring (bicyclic) bond motifs is 1. The molecule has 1 N–H and O–H groups in total. The van der Waals surface area contributed by atoms with Gasteiger partial charge in [-0.15, -0.1) is 0 Å². The summed E-state index contributed by atoms with van der Waals surface area (Å²) in [6, 6.07) is 5.66. The van der Waals surface area contributed by atoms with E-state index in [9.17, 15) is 13.2 Å². The average Bonchev–Trinajstić information content (AvgIpc) is 3.08. The summed E-state index contributed by atoms with van der Waals surface area (Å²) < 4.78 is 39.3. The van der Waals surface area contributed by atoms with Gasteiger partial charge >= 0.3 is 6.18 Å². The Morgan fingerprint density at radius 3 is 1.60 bits per heavy atom. The number of allylic oxidation sites excluding steroid dienone is 2. The lowest BCUT2D eigenvalue weighted by Gasteiger charge is -2.22. The van der Waals surface area contributed by atoms with E-state index in [2.05, 4.69) is 41.2 Å². The van der Waals surface area contributed by atoms with E-state index >= 15 is 0 Å². The van der Waals surface area contributed by atoms with Crippen LogP contribution in [0.5, 0.6) is 0 Å². The molecule has 0 saturated heterocycles. The van der Waals surface area contributed by atoms with Crippen LogP contribution in [0.25, 0.3) is 10.9 Å². The van der Waals surface area contributed by atoms with Crippen LogP contribution in [-0.4, -0.2) is 36.1 Å². The van der Waals surface area contributed by atoms with E-state index in [1.807, 2.05) is 6.07 Å². The largest absolute Gasteiger partial charge is 0.416 e. The smallest absolute Gasteiger partial charge is 0.384 e. The Labute approximate surface area is 292 Å². The Morgan fingerprint density at radius 2 is 1.08 bits per heavy atom. The van der Waals surface area contributed by atoms with Crippen molar-refractivity contribution in [3.05, 3.63) is 48.2 Å². The summed E-state index contributed by atoms with van der Waals surface area (Å²) in [5.41, 5.74) is 0.578. The van der Waals surface area contributed by atoms with Crippen LogP contribution in [0.1, 0.15) is 174 Å². The van der Waals surface area contributed by atoms with E-state index in [1.54, 1.807) is 6.20 Å². The first kappa shape index (κ1) is 42.1. The highest BCUT2D eigenvalue weighted by molar-refractivity contribution is 5.91. The number of nitrogens with one attached hydrogen (secondary N) is 1. The maximum atomic E-state index is 13.1. The molecule has 0 aliphatic heterocycles. The fourth-order valence-electron chi connectivity index (χ4n) is 6.55. The molecule has 0 aliphatic rings. The molecule has 0 fully saturated rings. The fraction of sp³-hybridized carbons (Fsp3) is 0.738. The van der Waals surface area contributed by atoms with Gasteiger partial charge < -0.3 is 10.2 Å². The van der Waals surface area contributed by atoms with Gasteiger partial charge in [-0.2, -0.15) is 13.2 Å². The first-order chi connectivity index (χ1) is 23.5. The zero-order valence-electron chi connectivity index (χ0n) is 30.9. The standard InChI is InChI=1S/C42H70F3N3/c1-3-5-7-9-11-12-13-14-15-16-17-18-19-20-23-27-35-48(34-26-22-10-8-6-4-2)36-28-24-21-25-32-46-40-31-33-47-41-37-38(42(43,44)45)29-30-39(40)41/h14-15,29-31,33,37H,3-13,16-28,32,34-36H2,1-2H3,(H,46,47)/b15-14-. The predicted molar refractivity (Wildman–Crippen MR) is 203 cm³/mol. The monoisotopic (exact) mass is 674 g/mol. The molecular formula is C42H70F3N3. The maximum Gasteiger partial charge on any atom is 0.416 e. The first-order valence-corrected chi connectivity index (χ1v) is 20.0. The van der Waals surface area contributed by atoms with Gasteiger partial charge in [0.25, 0.3) is 0 Å². The van der Waals surface area contributed by atoms with E-state index in [1.165, 1.54) is 167 Å². The number of alkyl halides is 3. The van der Waals surface area contributed by atoms with Gasteiger partial charge in [0.2, 0.25) is 0 Å². The molecule has 0 unspecified atom stereocenters. The molecular weight excluding hydrogens is 603 g/mol. The second kappa shape index (κ2) is 27.7. The molecule has 48 heavy (non-hydrogen) atoms. The van der Waals surface area contributed by atoms with Crippen molar-refractivity contribution in [1.82, 2.24) is 9.88 Å². The molecule has 0 saturated carbocycles. The molecule has 0 spiro atoms. The topological polar surface area (TPSA) is 28.2 Å². The third kappa shape index (κ3) is 20.4. The maximum absolute atomic E-state index is 13.1. The normalized spacial score (nSPS) is 12.2. The van der Waals surface area contributed by atoms with Crippen molar-refractivity contribution in [3.63, 3.8) is 0 Å². The van der Waals surface area contributed by atoms with Crippen molar-refractivity contribution in [2.75, 3.05) is 31.5 Å². The molecule has 0 bridgehead atoms. The highest BCUT2D eigenvalue weighted by atomic mass is 19.4. The van der Waals surface area contributed by atoms with Crippen LogP contribution in [0.15, 0.2) is 42.6 Å². The second-order valence-corrected chi connectivity index (χ2v) is 14.0. The second-order valence-electron chi connectivity index (χ2n) is 14.0. The Kier molecular flexibility index (Phi) is 24.3. The predicted octanol–water partition coefficient (Wildman–Crippen LogP) is 13.9. The molecule has 1 heterocycles. The Balaban J connectivity index is 1.57. The van der Waals surface area contributed by atoms with Crippen molar-refractivity contribution >= 4 is 16.6 Å². The van der Waals surface area contributed by atoms with E-state index < -0.39 is 11.7 Å². The lowest BCUT2D eigenvalue weighted by atomic mass is 10.1. The molecule has 1 aromatic carbocycles. The summed E-state index contributed by atoms with van der Waals surface area (Å²) in [5, 5.41) is 4.17. The minimum absolute atomic E-state index is 0.377. The van der Waals surface area contributed by atoms with Crippen LogP contribution in [0.2, 0.25) is 0 Å². The molecule has 274 valence electrons.